The third kappa shape index (κ3) is 4.17. The van der Waals surface area contributed by atoms with Crippen molar-refractivity contribution in [3.63, 3.8) is 0 Å². The highest BCUT2D eigenvalue weighted by atomic mass is 32.2. The van der Waals surface area contributed by atoms with Gasteiger partial charge in [0.2, 0.25) is 5.78 Å². The fourth-order valence-electron chi connectivity index (χ4n) is 2.92. The van der Waals surface area contributed by atoms with Gasteiger partial charge in [0.15, 0.2) is 5.92 Å². The van der Waals surface area contributed by atoms with E-state index in [1.54, 1.807) is 6.07 Å². The molecule has 2 aromatic rings. The number of rotatable bonds is 4. The third-order valence-corrected chi connectivity index (χ3v) is 6.00. The number of Topliss-reactive ketones (excluding diaryl/α,β-unsaturated/α-hetero) is 1. The minimum atomic E-state index is -2.34. The van der Waals surface area contributed by atoms with Crippen molar-refractivity contribution in [2.45, 2.75) is 32.1 Å². The molecule has 0 saturated carbocycles. The smallest absolute Gasteiger partial charge is 0.205 e. The summed E-state index contributed by atoms with van der Waals surface area (Å²) in [6, 6.07) is 5.15. The van der Waals surface area contributed by atoms with Gasteiger partial charge >= 0.3 is 0 Å². The molecule has 136 valence electrons. The first-order chi connectivity index (χ1) is 12.3. The summed E-state index contributed by atoms with van der Waals surface area (Å²) in [5.74, 6) is -0.774. The monoisotopic (exact) mass is 388 g/mol. The molecule has 1 aliphatic rings. The molecule has 0 saturated heterocycles. The molecule has 6 nitrogen and oxygen atoms in total. The second-order valence-corrected chi connectivity index (χ2v) is 10.5. The first-order valence-corrected chi connectivity index (χ1v) is 11.5. The van der Waals surface area contributed by atoms with Crippen molar-refractivity contribution in [1.82, 2.24) is 9.97 Å². The van der Waals surface area contributed by atoms with Gasteiger partial charge in [-0.05, 0) is 37.3 Å². The molecule has 3 rings (SSSR count). The van der Waals surface area contributed by atoms with Crippen LogP contribution in [0.4, 0.5) is 5.69 Å². The maximum atomic E-state index is 12.8. The van der Waals surface area contributed by atoms with Crippen LogP contribution in [0.2, 0.25) is 0 Å². The molecule has 0 N–H and O–H groups in total. The number of aryl methyl sites for hydroxylation is 1. The number of nitriles is 1. The van der Waals surface area contributed by atoms with Crippen molar-refractivity contribution in [2.24, 2.45) is 10.3 Å². The first kappa shape index (κ1) is 18.7. The van der Waals surface area contributed by atoms with Crippen molar-refractivity contribution < 1.29 is 9.00 Å². The summed E-state index contributed by atoms with van der Waals surface area (Å²) in [6.45, 7) is 2.20. The summed E-state index contributed by atoms with van der Waals surface area (Å²) in [5, 5.41) is 10.1. The van der Waals surface area contributed by atoms with Crippen LogP contribution in [0.5, 0.6) is 0 Å². The third-order valence-electron chi connectivity index (χ3n) is 4.16. The lowest BCUT2D eigenvalue weighted by molar-refractivity contribution is 0.0974. The molecule has 0 bridgehead atoms. The zero-order chi connectivity index (χ0) is 18.9. The number of thiazole rings is 1. The first-order valence-electron chi connectivity index (χ1n) is 8.32. The molecule has 0 aliphatic heterocycles. The minimum Gasteiger partial charge on any atom is -0.290 e. The van der Waals surface area contributed by atoms with Gasteiger partial charge < -0.3 is 0 Å². The number of hydrogen-bond acceptors (Lipinski definition) is 7. The molecule has 0 radical (unpaired) electrons. The topological polar surface area (TPSA) is 96.1 Å². The van der Waals surface area contributed by atoms with Gasteiger partial charge in [-0.2, -0.15) is 9.62 Å². The Bertz CT molecular complexity index is 1000. The second-order valence-electron chi connectivity index (χ2n) is 6.87. The standard InChI is InChI=1S/C18H20N4O2S2/c1-11-4-5-14-16(8-11)25-18(21-14)13(10-19)17(23)15-9-12(6-7-20-15)22-26(2,3)24/h6-7,9,11,13H,4-5,8H2,1-3H3. The number of ketones is 1. The fourth-order valence-corrected chi connectivity index (χ4v) is 4.86. The van der Waals surface area contributed by atoms with E-state index >= 15 is 0 Å². The highest BCUT2D eigenvalue weighted by Crippen LogP contribution is 2.34. The Morgan fingerprint density at radius 1 is 1.50 bits per heavy atom. The molecule has 1 aliphatic carbocycles. The van der Waals surface area contributed by atoms with Crippen LogP contribution >= 0.6 is 11.3 Å². The molecule has 26 heavy (non-hydrogen) atoms. The molecule has 8 heteroatoms. The molecule has 2 atom stereocenters. The molecule has 2 unspecified atom stereocenters. The summed E-state index contributed by atoms with van der Waals surface area (Å²) < 4.78 is 15.9. The van der Waals surface area contributed by atoms with Crippen molar-refractivity contribution >= 4 is 32.5 Å². The average Bonchev–Trinajstić information content (AvgIpc) is 2.96. The van der Waals surface area contributed by atoms with Crippen LogP contribution in [0.3, 0.4) is 0 Å². The molecule has 2 aromatic heterocycles. The zero-order valence-corrected chi connectivity index (χ0v) is 16.6. The Balaban J connectivity index is 1.92. The van der Waals surface area contributed by atoms with E-state index in [1.807, 2.05) is 0 Å². The van der Waals surface area contributed by atoms with Crippen LogP contribution in [0.25, 0.3) is 0 Å². The Hall–Kier alpha value is -2.11. The van der Waals surface area contributed by atoms with E-state index in [9.17, 15) is 14.3 Å². The summed E-state index contributed by atoms with van der Waals surface area (Å²) in [6.07, 6.45) is 7.42. The van der Waals surface area contributed by atoms with Crippen molar-refractivity contribution in [2.75, 3.05) is 12.5 Å². The molecule has 0 fully saturated rings. The molecular weight excluding hydrogens is 368 g/mol. The lowest BCUT2D eigenvalue weighted by Crippen LogP contribution is -2.13. The van der Waals surface area contributed by atoms with Crippen LogP contribution in [-0.4, -0.2) is 32.5 Å². The van der Waals surface area contributed by atoms with E-state index in [-0.39, 0.29) is 5.69 Å². The van der Waals surface area contributed by atoms with Crippen LogP contribution in [0.15, 0.2) is 22.7 Å². The van der Waals surface area contributed by atoms with Crippen LogP contribution in [0.1, 0.15) is 45.3 Å². The van der Waals surface area contributed by atoms with Crippen molar-refractivity contribution in [3.8, 4) is 6.07 Å². The summed E-state index contributed by atoms with van der Waals surface area (Å²) >= 11 is 1.46. The van der Waals surface area contributed by atoms with Gasteiger partial charge in [0.1, 0.15) is 10.7 Å². The Kier molecular flexibility index (Phi) is 5.21. The minimum absolute atomic E-state index is 0.142. The van der Waals surface area contributed by atoms with Gasteiger partial charge in [-0.3, -0.25) is 9.78 Å². The summed E-state index contributed by atoms with van der Waals surface area (Å²) in [4.78, 5) is 22.7. The highest BCUT2D eigenvalue weighted by Gasteiger charge is 2.29. The van der Waals surface area contributed by atoms with E-state index in [2.05, 4.69) is 27.3 Å². The lowest BCUT2D eigenvalue weighted by Gasteiger charge is -2.15. The predicted molar refractivity (Wildman–Crippen MR) is 102 cm³/mol. The van der Waals surface area contributed by atoms with Gasteiger partial charge in [-0.15, -0.1) is 11.3 Å². The van der Waals surface area contributed by atoms with Crippen LogP contribution in [-0.2, 0) is 22.6 Å². The number of nitrogens with zero attached hydrogens (tertiary/aromatic N) is 4. The number of carbonyl (C=O) groups excluding carboxylic acids is 1. The number of carbonyl (C=O) groups is 1. The van der Waals surface area contributed by atoms with Crippen LogP contribution < -0.4 is 0 Å². The van der Waals surface area contributed by atoms with E-state index in [0.717, 1.165) is 25.0 Å². The predicted octanol–water partition coefficient (Wildman–Crippen LogP) is 3.51. The molecule has 0 amide bonds. The van der Waals surface area contributed by atoms with Crippen LogP contribution in [0, 0.1) is 17.2 Å². The van der Waals surface area contributed by atoms with E-state index in [0.29, 0.717) is 16.6 Å². The van der Waals surface area contributed by atoms with Gasteiger partial charge in [-0.25, -0.2) is 9.19 Å². The quantitative estimate of drug-likeness (QED) is 0.747. The molecule has 0 aromatic carbocycles. The van der Waals surface area contributed by atoms with E-state index < -0.39 is 21.4 Å². The number of aromatic nitrogens is 2. The van der Waals surface area contributed by atoms with Gasteiger partial charge in [-0.1, -0.05) is 6.92 Å². The average molecular weight is 389 g/mol. The maximum absolute atomic E-state index is 12.8. The zero-order valence-electron chi connectivity index (χ0n) is 14.9. The normalized spacial score (nSPS) is 17.8. The number of hydrogen-bond donors (Lipinski definition) is 0. The summed E-state index contributed by atoms with van der Waals surface area (Å²) in [5.41, 5.74) is 1.58. The molecule has 2 heterocycles. The van der Waals surface area contributed by atoms with Gasteiger partial charge in [0.25, 0.3) is 0 Å². The number of pyridine rings is 1. The number of fused-ring (bicyclic) bond motifs is 1. The largest absolute Gasteiger partial charge is 0.290 e. The van der Waals surface area contributed by atoms with E-state index in [1.165, 1.54) is 41.0 Å². The Morgan fingerprint density at radius 2 is 2.27 bits per heavy atom. The lowest BCUT2D eigenvalue weighted by atomic mass is 9.93. The van der Waals surface area contributed by atoms with Crippen molar-refractivity contribution in [3.05, 3.63) is 39.6 Å². The Labute approximate surface area is 157 Å². The SMILES string of the molecule is CC1CCc2nc(C(C#N)C(=O)c3cc(N=S(C)(C)=O)ccn3)sc2C1. The highest BCUT2D eigenvalue weighted by molar-refractivity contribution is 7.92. The molecule has 0 spiro atoms. The van der Waals surface area contributed by atoms with Gasteiger partial charge in [0.05, 0.1) is 17.5 Å². The molecular formula is C18H20N4O2S2. The van der Waals surface area contributed by atoms with E-state index in [4.69, 9.17) is 0 Å². The second kappa shape index (κ2) is 7.25. The Morgan fingerprint density at radius 3 is 2.96 bits per heavy atom. The fraction of sp³-hybridized carbons (Fsp3) is 0.444. The maximum Gasteiger partial charge on any atom is 0.205 e. The van der Waals surface area contributed by atoms with Crippen molar-refractivity contribution in [1.29, 1.82) is 5.26 Å². The van der Waals surface area contributed by atoms with Gasteiger partial charge in [0, 0.05) is 33.3 Å². The summed E-state index contributed by atoms with van der Waals surface area (Å²) in [7, 11) is -2.34.